The van der Waals surface area contributed by atoms with Crippen molar-refractivity contribution < 1.29 is 21.9 Å². The van der Waals surface area contributed by atoms with Crippen LogP contribution in [0.3, 0.4) is 0 Å². The van der Waals surface area contributed by atoms with Crippen LogP contribution in [0.2, 0.25) is 0 Å². The first-order valence-corrected chi connectivity index (χ1v) is 8.23. The molecule has 1 atom stereocenters. The molecule has 0 fully saturated rings. The van der Waals surface area contributed by atoms with Crippen molar-refractivity contribution in [3.8, 4) is 0 Å². The average Bonchev–Trinajstić information content (AvgIpc) is 2.00. The number of aliphatic hydroxyl groups is 1. The Hall–Kier alpha value is -0.180. The minimum Gasteiger partial charge on any atom is -0.378 e. The van der Waals surface area contributed by atoms with E-state index < -0.39 is 26.1 Å². The lowest BCUT2D eigenvalue weighted by atomic mass is 10.5. The maximum Gasteiger partial charge on any atom is 0.213 e. The molecule has 0 saturated heterocycles. The van der Waals surface area contributed by atoms with Crippen LogP contribution in [0.1, 0.15) is 19.8 Å². The lowest BCUT2D eigenvalue weighted by molar-refractivity contribution is 0.159. The number of rotatable bonds is 7. The van der Waals surface area contributed by atoms with Gasteiger partial charge in [-0.25, -0.2) is 16.8 Å². The van der Waals surface area contributed by atoms with E-state index in [1.807, 2.05) is 4.72 Å². The van der Waals surface area contributed by atoms with Gasteiger partial charge in [0.25, 0.3) is 0 Å². The van der Waals surface area contributed by atoms with Crippen molar-refractivity contribution in [2.75, 3.05) is 17.8 Å². The van der Waals surface area contributed by atoms with Crippen molar-refractivity contribution >= 4 is 19.9 Å². The van der Waals surface area contributed by atoms with Crippen molar-refractivity contribution in [3.63, 3.8) is 0 Å². The molecule has 2 N–H and O–H groups in total. The van der Waals surface area contributed by atoms with Gasteiger partial charge in [0.1, 0.15) is 16.1 Å². The highest BCUT2D eigenvalue weighted by molar-refractivity contribution is 7.91. The molecule has 0 rings (SSSR count). The summed E-state index contributed by atoms with van der Waals surface area (Å²) in [6.07, 6.45) is 0.248. The molecule has 0 radical (unpaired) electrons. The summed E-state index contributed by atoms with van der Waals surface area (Å²) in [4.78, 5) is 0. The van der Waals surface area contributed by atoms with Crippen LogP contribution in [0.15, 0.2) is 0 Å². The van der Waals surface area contributed by atoms with Crippen LogP contribution in [0.4, 0.5) is 0 Å². The van der Waals surface area contributed by atoms with Gasteiger partial charge in [0, 0.05) is 6.26 Å². The molecule has 0 aromatic carbocycles. The SMILES string of the molecule is CCC(O)NS(=O)(=O)CCCS(C)(=O)=O. The Kier molecular flexibility index (Phi) is 5.71. The van der Waals surface area contributed by atoms with E-state index in [-0.39, 0.29) is 24.3 Å². The van der Waals surface area contributed by atoms with Crippen LogP contribution in [0, 0.1) is 0 Å². The molecular weight excluding hydrogens is 242 g/mol. The Morgan fingerprint density at radius 3 is 2.13 bits per heavy atom. The second kappa shape index (κ2) is 5.78. The zero-order valence-corrected chi connectivity index (χ0v) is 10.4. The molecule has 0 saturated carbocycles. The Morgan fingerprint density at radius 2 is 1.73 bits per heavy atom. The highest BCUT2D eigenvalue weighted by Gasteiger charge is 2.15. The van der Waals surface area contributed by atoms with E-state index in [9.17, 15) is 16.8 Å². The topological polar surface area (TPSA) is 101 Å². The third-order valence-electron chi connectivity index (χ3n) is 1.63. The minimum atomic E-state index is -3.58. The third-order valence-corrected chi connectivity index (χ3v) is 4.12. The van der Waals surface area contributed by atoms with Crippen LogP contribution in [0.25, 0.3) is 0 Å². The summed E-state index contributed by atoms with van der Waals surface area (Å²) in [7, 11) is -6.72. The summed E-state index contributed by atoms with van der Waals surface area (Å²) in [6.45, 7) is 1.63. The Morgan fingerprint density at radius 1 is 1.20 bits per heavy atom. The molecule has 0 aliphatic heterocycles. The predicted octanol–water partition coefficient (Wildman–Crippen LogP) is -0.931. The number of nitrogens with one attached hydrogen (secondary N) is 1. The van der Waals surface area contributed by atoms with E-state index >= 15 is 0 Å². The molecule has 1 unspecified atom stereocenters. The molecule has 0 heterocycles. The molecule has 0 aliphatic carbocycles. The fraction of sp³-hybridized carbons (Fsp3) is 1.00. The first-order chi connectivity index (χ1) is 6.66. The first kappa shape index (κ1) is 14.8. The lowest BCUT2D eigenvalue weighted by Crippen LogP contribution is -2.36. The number of aliphatic hydroxyl groups excluding tert-OH is 1. The Labute approximate surface area is 90.7 Å². The van der Waals surface area contributed by atoms with E-state index in [4.69, 9.17) is 5.11 Å². The van der Waals surface area contributed by atoms with E-state index in [0.29, 0.717) is 0 Å². The van der Waals surface area contributed by atoms with Crippen molar-refractivity contribution in [1.82, 2.24) is 4.72 Å². The van der Waals surface area contributed by atoms with Gasteiger partial charge in [-0.1, -0.05) is 6.92 Å². The molecule has 0 aromatic heterocycles. The second-order valence-electron chi connectivity index (χ2n) is 3.34. The molecule has 6 nitrogen and oxygen atoms in total. The smallest absolute Gasteiger partial charge is 0.213 e. The standard InChI is InChI=1S/C7H17NO5S2/c1-3-7(9)8-15(12,13)6-4-5-14(2,10)11/h7-9H,3-6H2,1-2H3. The Balaban J connectivity index is 4.07. The third kappa shape index (κ3) is 8.79. The lowest BCUT2D eigenvalue weighted by Gasteiger charge is -2.10. The first-order valence-electron chi connectivity index (χ1n) is 4.52. The largest absolute Gasteiger partial charge is 0.378 e. The highest BCUT2D eigenvalue weighted by Crippen LogP contribution is 1.96. The summed E-state index contributed by atoms with van der Waals surface area (Å²) in [5, 5.41) is 9.04. The Bertz CT molecular complexity index is 372. The van der Waals surface area contributed by atoms with Gasteiger partial charge in [0.05, 0.1) is 11.5 Å². The minimum absolute atomic E-state index is 0.0323. The summed E-state index contributed by atoms with van der Waals surface area (Å²) in [5.74, 6) is -0.465. The fourth-order valence-corrected chi connectivity index (χ4v) is 2.94. The van der Waals surface area contributed by atoms with Gasteiger partial charge >= 0.3 is 0 Å². The maximum absolute atomic E-state index is 11.2. The maximum atomic E-state index is 11.2. The zero-order chi connectivity index (χ0) is 12.1. The monoisotopic (exact) mass is 259 g/mol. The molecule has 0 amide bonds. The van der Waals surface area contributed by atoms with E-state index in [1.54, 1.807) is 6.92 Å². The summed E-state index contributed by atoms with van der Waals surface area (Å²) in [6, 6.07) is 0. The van der Waals surface area contributed by atoms with Crippen molar-refractivity contribution in [3.05, 3.63) is 0 Å². The average molecular weight is 259 g/mol. The summed E-state index contributed by atoms with van der Waals surface area (Å²) in [5.41, 5.74) is 0. The van der Waals surface area contributed by atoms with Gasteiger partial charge in [-0.2, -0.15) is 4.72 Å². The van der Waals surface area contributed by atoms with E-state index in [1.165, 1.54) is 0 Å². The van der Waals surface area contributed by atoms with Crippen molar-refractivity contribution in [1.29, 1.82) is 0 Å². The van der Waals surface area contributed by atoms with Gasteiger partial charge < -0.3 is 5.11 Å². The molecule has 0 aliphatic rings. The fourth-order valence-electron chi connectivity index (χ4n) is 0.861. The van der Waals surface area contributed by atoms with Gasteiger partial charge in [0.2, 0.25) is 10.0 Å². The van der Waals surface area contributed by atoms with Crippen molar-refractivity contribution in [2.24, 2.45) is 0 Å². The number of hydrogen-bond donors (Lipinski definition) is 2. The van der Waals surface area contributed by atoms with Gasteiger partial charge in [-0.05, 0) is 12.8 Å². The number of hydrogen-bond acceptors (Lipinski definition) is 5. The molecule has 15 heavy (non-hydrogen) atoms. The normalized spacial score (nSPS) is 15.1. The molecule has 0 spiro atoms. The summed E-state index contributed by atoms with van der Waals surface area (Å²) < 4.78 is 45.9. The molecular formula is C7H17NO5S2. The zero-order valence-electron chi connectivity index (χ0n) is 8.80. The number of sulfone groups is 1. The van der Waals surface area contributed by atoms with Crippen LogP contribution in [0.5, 0.6) is 0 Å². The van der Waals surface area contributed by atoms with Crippen LogP contribution >= 0.6 is 0 Å². The number of sulfonamides is 1. The van der Waals surface area contributed by atoms with Crippen LogP contribution < -0.4 is 4.72 Å². The van der Waals surface area contributed by atoms with Crippen LogP contribution in [-0.2, 0) is 19.9 Å². The predicted molar refractivity (Wildman–Crippen MR) is 57.5 cm³/mol. The van der Waals surface area contributed by atoms with Crippen LogP contribution in [-0.4, -0.2) is 45.9 Å². The molecule has 0 bridgehead atoms. The molecule has 92 valence electrons. The van der Waals surface area contributed by atoms with Gasteiger partial charge in [-0.3, -0.25) is 0 Å². The van der Waals surface area contributed by atoms with Gasteiger partial charge in [-0.15, -0.1) is 0 Å². The highest BCUT2D eigenvalue weighted by atomic mass is 32.2. The summed E-state index contributed by atoms with van der Waals surface area (Å²) >= 11 is 0. The van der Waals surface area contributed by atoms with E-state index in [2.05, 4.69) is 0 Å². The second-order valence-corrected chi connectivity index (χ2v) is 7.48. The van der Waals surface area contributed by atoms with Gasteiger partial charge in [0.15, 0.2) is 0 Å². The molecule has 8 heteroatoms. The van der Waals surface area contributed by atoms with E-state index in [0.717, 1.165) is 6.26 Å². The quantitative estimate of drug-likeness (QED) is 0.575. The molecule has 0 aromatic rings. The van der Waals surface area contributed by atoms with Crippen molar-refractivity contribution in [2.45, 2.75) is 26.0 Å².